The second-order valence-corrected chi connectivity index (χ2v) is 6.82. The maximum absolute atomic E-state index is 5.86. The summed E-state index contributed by atoms with van der Waals surface area (Å²) in [5.74, 6) is 2.18. The average Bonchev–Trinajstić information content (AvgIpc) is 3.15. The molecule has 112 valence electrons. The van der Waals surface area contributed by atoms with Crippen LogP contribution in [-0.4, -0.2) is 26.4 Å². The average molecular weight is 286 g/mol. The Morgan fingerprint density at radius 1 is 1.29 bits per heavy atom. The molecule has 0 aromatic carbocycles. The minimum absolute atomic E-state index is 0.115. The summed E-state index contributed by atoms with van der Waals surface area (Å²) in [6.07, 6.45) is 6.32. The molecule has 0 amide bonds. The molecule has 1 aliphatic carbocycles. The maximum atomic E-state index is 5.86. The summed E-state index contributed by atoms with van der Waals surface area (Å²) in [7, 11) is 1.90. The molecule has 2 aromatic heterocycles. The third-order valence-corrected chi connectivity index (χ3v) is 3.54. The highest BCUT2D eigenvalue weighted by molar-refractivity contribution is 5.58. The van der Waals surface area contributed by atoms with Gasteiger partial charge in [0.2, 0.25) is 5.88 Å². The molecule has 21 heavy (non-hydrogen) atoms. The van der Waals surface area contributed by atoms with E-state index in [2.05, 4.69) is 35.8 Å². The van der Waals surface area contributed by atoms with E-state index in [0.29, 0.717) is 11.8 Å². The largest absolute Gasteiger partial charge is 0.477 e. The van der Waals surface area contributed by atoms with Gasteiger partial charge in [-0.1, -0.05) is 20.8 Å². The van der Waals surface area contributed by atoms with Crippen molar-refractivity contribution >= 4 is 0 Å². The summed E-state index contributed by atoms with van der Waals surface area (Å²) < 4.78 is 7.63. The van der Waals surface area contributed by atoms with E-state index in [4.69, 9.17) is 4.74 Å². The Bertz CT molecular complexity index is 638. The first-order valence-electron chi connectivity index (χ1n) is 7.43. The van der Waals surface area contributed by atoms with Crippen molar-refractivity contribution < 1.29 is 4.74 Å². The molecule has 2 aromatic rings. The van der Waals surface area contributed by atoms with Crippen LogP contribution in [0.3, 0.4) is 0 Å². The van der Waals surface area contributed by atoms with Crippen molar-refractivity contribution in [3.63, 3.8) is 0 Å². The van der Waals surface area contributed by atoms with Crippen LogP contribution in [0.4, 0.5) is 0 Å². The smallest absolute Gasteiger partial charge is 0.217 e. The Hall–Kier alpha value is -1.91. The normalized spacial score (nSPS) is 15.2. The second-order valence-electron chi connectivity index (χ2n) is 6.82. The summed E-state index contributed by atoms with van der Waals surface area (Å²) >= 11 is 0. The zero-order valence-corrected chi connectivity index (χ0v) is 13.1. The molecule has 0 spiro atoms. The number of aromatic nitrogens is 4. The van der Waals surface area contributed by atoms with Gasteiger partial charge in [0.15, 0.2) is 0 Å². The van der Waals surface area contributed by atoms with Gasteiger partial charge < -0.3 is 4.74 Å². The third kappa shape index (κ3) is 3.40. The van der Waals surface area contributed by atoms with Crippen LogP contribution in [0.15, 0.2) is 18.5 Å². The lowest BCUT2D eigenvalue weighted by atomic mass is 9.95. The lowest BCUT2D eigenvalue weighted by Gasteiger charge is -2.18. The minimum Gasteiger partial charge on any atom is -0.477 e. The first-order valence-corrected chi connectivity index (χ1v) is 7.43. The maximum Gasteiger partial charge on any atom is 0.217 e. The fourth-order valence-corrected chi connectivity index (χ4v) is 2.02. The van der Waals surface area contributed by atoms with Crippen molar-refractivity contribution in [3.8, 4) is 17.1 Å². The Morgan fingerprint density at radius 3 is 2.62 bits per heavy atom. The topological polar surface area (TPSA) is 52.8 Å². The van der Waals surface area contributed by atoms with E-state index >= 15 is 0 Å². The molecule has 0 saturated heterocycles. The van der Waals surface area contributed by atoms with E-state index in [0.717, 1.165) is 23.7 Å². The molecule has 0 bridgehead atoms. The molecule has 2 heterocycles. The Balaban J connectivity index is 1.95. The zero-order valence-electron chi connectivity index (χ0n) is 13.1. The predicted octanol–water partition coefficient (Wildman–Crippen LogP) is 2.96. The van der Waals surface area contributed by atoms with Gasteiger partial charge in [0.05, 0.1) is 18.5 Å². The highest BCUT2D eigenvalue weighted by atomic mass is 16.5. The number of rotatable bonds is 4. The predicted molar refractivity (Wildman–Crippen MR) is 81.2 cm³/mol. The lowest BCUT2D eigenvalue weighted by molar-refractivity contribution is 0.285. The summed E-state index contributed by atoms with van der Waals surface area (Å²) in [5.41, 5.74) is 1.74. The van der Waals surface area contributed by atoms with Gasteiger partial charge in [-0.15, -0.1) is 0 Å². The molecule has 0 unspecified atom stereocenters. The second kappa shape index (κ2) is 5.13. The molecule has 0 N–H and O–H groups in total. The van der Waals surface area contributed by atoms with E-state index in [9.17, 15) is 0 Å². The van der Waals surface area contributed by atoms with Crippen molar-refractivity contribution in [2.24, 2.45) is 13.0 Å². The van der Waals surface area contributed by atoms with Crippen molar-refractivity contribution in [1.82, 2.24) is 19.7 Å². The Kier molecular flexibility index (Phi) is 3.43. The molecule has 0 radical (unpaired) electrons. The van der Waals surface area contributed by atoms with Gasteiger partial charge in [0, 0.05) is 30.3 Å². The van der Waals surface area contributed by atoms with Crippen LogP contribution >= 0.6 is 0 Å². The summed E-state index contributed by atoms with van der Waals surface area (Å²) in [4.78, 5) is 9.26. The monoisotopic (exact) mass is 286 g/mol. The van der Waals surface area contributed by atoms with Crippen LogP contribution in [0.1, 0.15) is 39.4 Å². The molecule has 1 fully saturated rings. The number of nitrogens with zero attached hydrogens (tertiary/aromatic N) is 4. The van der Waals surface area contributed by atoms with Crippen molar-refractivity contribution in [1.29, 1.82) is 0 Å². The van der Waals surface area contributed by atoms with E-state index in [1.807, 2.05) is 25.5 Å². The van der Waals surface area contributed by atoms with E-state index < -0.39 is 0 Å². The van der Waals surface area contributed by atoms with Gasteiger partial charge in [0.25, 0.3) is 0 Å². The van der Waals surface area contributed by atoms with E-state index in [1.165, 1.54) is 12.8 Å². The van der Waals surface area contributed by atoms with Crippen molar-refractivity contribution in [2.45, 2.75) is 39.0 Å². The molecule has 0 aliphatic heterocycles. The molecular weight excluding hydrogens is 264 g/mol. The van der Waals surface area contributed by atoms with Gasteiger partial charge in [0.1, 0.15) is 5.82 Å². The van der Waals surface area contributed by atoms with Gasteiger partial charge in [-0.2, -0.15) is 10.1 Å². The van der Waals surface area contributed by atoms with Crippen molar-refractivity contribution in [3.05, 3.63) is 24.3 Å². The molecule has 3 rings (SSSR count). The number of ether oxygens (including phenoxy) is 1. The summed E-state index contributed by atoms with van der Waals surface area (Å²) in [5, 5.41) is 4.21. The van der Waals surface area contributed by atoms with Crippen molar-refractivity contribution in [2.75, 3.05) is 6.61 Å². The van der Waals surface area contributed by atoms with Crippen LogP contribution in [0, 0.1) is 5.92 Å². The van der Waals surface area contributed by atoms with Crippen LogP contribution in [0.25, 0.3) is 11.3 Å². The first kappa shape index (κ1) is 14.0. The van der Waals surface area contributed by atoms with Crippen LogP contribution < -0.4 is 4.74 Å². The molecule has 1 saturated carbocycles. The molecular formula is C16H22N4O. The lowest BCUT2D eigenvalue weighted by Crippen LogP contribution is -2.17. The highest BCUT2D eigenvalue weighted by Crippen LogP contribution is 2.31. The Morgan fingerprint density at radius 2 is 2.05 bits per heavy atom. The van der Waals surface area contributed by atoms with Gasteiger partial charge in [-0.05, 0) is 18.8 Å². The highest BCUT2D eigenvalue weighted by Gasteiger charge is 2.24. The van der Waals surface area contributed by atoms with E-state index in [-0.39, 0.29) is 5.41 Å². The standard InChI is InChI=1S/C16H22N4O/c1-16(2,3)15-18-13(12-8-17-20(4)9-12)7-14(19-15)21-10-11-5-6-11/h7-9,11H,5-6,10H2,1-4H3. The third-order valence-electron chi connectivity index (χ3n) is 3.54. The zero-order chi connectivity index (χ0) is 15.0. The molecule has 5 heteroatoms. The summed E-state index contributed by atoms with van der Waals surface area (Å²) in [6.45, 7) is 7.09. The molecule has 1 aliphatic rings. The van der Waals surface area contributed by atoms with Crippen LogP contribution in [0.2, 0.25) is 0 Å². The summed E-state index contributed by atoms with van der Waals surface area (Å²) in [6, 6.07) is 1.91. The minimum atomic E-state index is -0.115. The molecule has 0 atom stereocenters. The number of hydrogen-bond acceptors (Lipinski definition) is 4. The number of aryl methyl sites for hydroxylation is 1. The number of hydrogen-bond donors (Lipinski definition) is 0. The van der Waals surface area contributed by atoms with E-state index in [1.54, 1.807) is 4.68 Å². The molecule has 5 nitrogen and oxygen atoms in total. The van der Waals surface area contributed by atoms with Gasteiger partial charge in [-0.25, -0.2) is 4.98 Å². The van der Waals surface area contributed by atoms with Crippen LogP contribution in [0.5, 0.6) is 5.88 Å². The first-order chi connectivity index (χ1) is 9.91. The fourth-order valence-electron chi connectivity index (χ4n) is 2.02. The van der Waals surface area contributed by atoms with Gasteiger partial charge >= 0.3 is 0 Å². The fraction of sp³-hybridized carbons (Fsp3) is 0.562. The van der Waals surface area contributed by atoms with Gasteiger partial charge in [-0.3, -0.25) is 4.68 Å². The van der Waals surface area contributed by atoms with Crippen LogP contribution in [-0.2, 0) is 12.5 Å². The quantitative estimate of drug-likeness (QED) is 0.867. The SMILES string of the molecule is Cn1cc(-c2cc(OCC3CC3)nc(C(C)(C)C)n2)cn1. The Labute approximate surface area is 125 Å².